The molecule has 3 aromatic carbocycles. The lowest BCUT2D eigenvalue weighted by molar-refractivity contribution is 0.0600. The van der Waals surface area contributed by atoms with Gasteiger partial charge in [-0.3, -0.25) is 14.2 Å². The number of rotatable bonds is 8. The lowest BCUT2D eigenvalue weighted by Crippen LogP contribution is -2.24. The first-order valence-corrected chi connectivity index (χ1v) is 11.7. The van der Waals surface area contributed by atoms with Crippen molar-refractivity contribution in [2.24, 2.45) is 0 Å². The van der Waals surface area contributed by atoms with Crippen LogP contribution < -0.4 is 20.3 Å². The number of methoxy groups -OCH3 is 3. The predicted octanol–water partition coefficient (Wildman–Crippen LogP) is 3.84. The molecular weight excluding hydrogens is 494 g/mol. The summed E-state index contributed by atoms with van der Waals surface area (Å²) in [7, 11) is 4.41. The minimum Gasteiger partial charge on any atom is -0.493 e. The molecule has 9 nitrogen and oxygen atoms in total. The Hall–Kier alpha value is -4.44. The summed E-state index contributed by atoms with van der Waals surface area (Å²) in [5, 5.41) is 3.28. The largest absolute Gasteiger partial charge is 0.493 e. The third kappa shape index (κ3) is 5.54. The number of hydrogen-bond acceptors (Lipinski definition) is 7. The van der Waals surface area contributed by atoms with Crippen molar-refractivity contribution < 1.29 is 23.8 Å². The van der Waals surface area contributed by atoms with Gasteiger partial charge in [0.2, 0.25) is 0 Å². The SMILES string of the molecule is COC(=O)c1ccc2c(=O)n(Cc3ccc(C(=O)NCc4ccc(OC)c(OC)c4)cc3)c(=S)[nH]c2c1. The summed E-state index contributed by atoms with van der Waals surface area (Å²) in [5.41, 5.74) is 2.63. The standard InChI is InChI=1S/C27H25N3O6S/c1-34-22-11-6-17(12-23(22)35-2)14-28-24(31)18-7-4-16(5-8-18)15-30-25(32)20-10-9-19(26(33)36-3)13-21(20)29-27(30)37/h4-13H,14-15H2,1-3H3,(H,28,31)(H,29,37). The highest BCUT2D eigenvalue weighted by Gasteiger charge is 2.12. The highest BCUT2D eigenvalue weighted by atomic mass is 32.1. The summed E-state index contributed by atoms with van der Waals surface area (Å²) >= 11 is 5.40. The topological polar surface area (TPSA) is 112 Å². The fraction of sp³-hybridized carbons (Fsp3) is 0.185. The zero-order valence-electron chi connectivity index (χ0n) is 20.5. The molecule has 1 aromatic heterocycles. The molecule has 0 atom stereocenters. The van der Waals surface area contributed by atoms with E-state index in [9.17, 15) is 14.4 Å². The number of nitrogens with zero attached hydrogens (tertiary/aromatic N) is 1. The van der Waals surface area contributed by atoms with Crippen molar-refractivity contribution in [3.05, 3.63) is 98.0 Å². The summed E-state index contributed by atoms with van der Waals surface area (Å²) in [5.74, 6) is 0.468. The van der Waals surface area contributed by atoms with Crippen molar-refractivity contribution in [3.8, 4) is 11.5 Å². The van der Waals surface area contributed by atoms with Gasteiger partial charge < -0.3 is 24.5 Å². The van der Waals surface area contributed by atoms with Crippen LogP contribution in [0.4, 0.5) is 0 Å². The monoisotopic (exact) mass is 519 g/mol. The number of ether oxygens (including phenoxy) is 3. The highest BCUT2D eigenvalue weighted by Crippen LogP contribution is 2.27. The second-order valence-electron chi connectivity index (χ2n) is 8.14. The number of aromatic amines is 1. The zero-order valence-corrected chi connectivity index (χ0v) is 21.3. The van der Waals surface area contributed by atoms with Gasteiger partial charge in [0.1, 0.15) is 0 Å². The van der Waals surface area contributed by atoms with E-state index >= 15 is 0 Å². The number of amides is 1. The first-order chi connectivity index (χ1) is 17.8. The lowest BCUT2D eigenvalue weighted by atomic mass is 10.1. The minimum absolute atomic E-state index is 0.219. The van der Waals surface area contributed by atoms with E-state index in [2.05, 4.69) is 10.3 Å². The molecule has 0 saturated heterocycles. The fourth-order valence-electron chi connectivity index (χ4n) is 3.86. The molecule has 37 heavy (non-hydrogen) atoms. The third-order valence-electron chi connectivity index (χ3n) is 5.86. The van der Waals surface area contributed by atoms with Gasteiger partial charge in [-0.15, -0.1) is 0 Å². The molecule has 0 aliphatic heterocycles. The smallest absolute Gasteiger partial charge is 0.337 e. The Morgan fingerprint density at radius 3 is 2.24 bits per heavy atom. The molecule has 2 N–H and O–H groups in total. The molecule has 0 radical (unpaired) electrons. The van der Waals surface area contributed by atoms with Gasteiger partial charge >= 0.3 is 5.97 Å². The molecule has 190 valence electrons. The Kier molecular flexibility index (Phi) is 7.69. The lowest BCUT2D eigenvalue weighted by Gasteiger charge is -2.11. The molecule has 10 heteroatoms. The van der Waals surface area contributed by atoms with Crippen LogP contribution in [0.3, 0.4) is 0 Å². The van der Waals surface area contributed by atoms with Crippen LogP contribution in [0.25, 0.3) is 10.9 Å². The van der Waals surface area contributed by atoms with Crippen LogP contribution in [0.2, 0.25) is 0 Å². The Labute approximate surface area is 217 Å². The van der Waals surface area contributed by atoms with Crippen LogP contribution in [0.5, 0.6) is 11.5 Å². The molecule has 0 fully saturated rings. The third-order valence-corrected chi connectivity index (χ3v) is 6.18. The van der Waals surface area contributed by atoms with E-state index in [1.54, 1.807) is 50.6 Å². The average Bonchev–Trinajstić information content (AvgIpc) is 2.93. The van der Waals surface area contributed by atoms with Crippen molar-refractivity contribution in [2.75, 3.05) is 21.3 Å². The summed E-state index contributed by atoms with van der Waals surface area (Å²) in [4.78, 5) is 40.5. The van der Waals surface area contributed by atoms with Crippen LogP contribution in [-0.4, -0.2) is 42.8 Å². The second kappa shape index (κ2) is 11.1. The number of benzene rings is 3. The number of carbonyl (C=O) groups is 2. The van der Waals surface area contributed by atoms with Crippen molar-refractivity contribution in [1.29, 1.82) is 0 Å². The first kappa shape index (κ1) is 25.6. The van der Waals surface area contributed by atoms with E-state index in [-0.39, 0.29) is 22.8 Å². The molecule has 4 aromatic rings. The van der Waals surface area contributed by atoms with Gasteiger partial charge in [0, 0.05) is 12.1 Å². The van der Waals surface area contributed by atoms with Gasteiger partial charge in [0.25, 0.3) is 11.5 Å². The van der Waals surface area contributed by atoms with Crippen LogP contribution >= 0.6 is 12.2 Å². The number of carbonyl (C=O) groups excluding carboxylic acids is 2. The molecule has 1 amide bonds. The number of nitrogens with one attached hydrogen (secondary N) is 2. The Bertz CT molecular complexity index is 1590. The van der Waals surface area contributed by atoms with Gasteiger partial charge in [-0.2, -0.15) is 0 Å². The highest BCUT2D eigenvalue weighted by molar-refractivity contribution is 7.71. The average molecular weight is 520 g/mol. The maximum atomic E-state index is 13.1. The molecule has 0 unspecified atom stereocenters. The van der Waals surface area contributed by atoms with Crippen LogP contribution in [0.15, 0.2) is 65.5 Å². The zero-order chi connectivity index (χ0) is 26.5. The Morgan fingerprint density at radius 2 is 1.57 bits per heavy atom. The molecule has 0 spiro atoms. The summed E-state index contributed by atoms with van der Waals surface area (Å²) in [6.07, 6.45) is 0. The van der Waals surface area contributed by atoms with Gasteiger partial charge in [-0.25, -0.2) is 4.79 Å². The normalized spacial score (nSPS) is 10.7. The number of aromatic nitrogens is 2. The summed E-state index contributed by atoms with van der Waals surface area (Å²) in [6, 6.07) is 17.0. The van der Waals surface area contributed by atoms with Gasteiger partial charge in [0.15, 0.2) is 16.3 Å². The van der Waals surface area contributed by atoms with Gasteiger partial charge in [0.05, 0.1) is 44.3 Å². The van der Waals surface area contributed by atoms with E-state index in [1.165, 1.54) is 23.8 Å². The Balaban J connectivity index is 1.47. The molecular formula is C27H25N3O6S. The van der Waals surface area contributed by atoms with Crippen molar-refractivity contribution in [3.63, 3.8) is 0 Å². The van der Waals surface area contributed by atoms with E-state index in [1.807, 2.05) is 12.1 Å². The molecule has 4 rings (SSSR count). The van der Waals surface area contributed by atoms with Crippen molar-refractivity contribution >= 4 is 35.0 Å². The van der Waals surface area contributed by atoms with Crippen LogP contribution in [0, 0.1) is 4.77 Å². The number of hydrogen-bond donors (Lipinski definition) is 2. The number of fused-ring (bicyclic) bond motifs is 1. The second-order valence-corrected chi connectivity index (χ2v) is 8.53. The van der Waals surface area contributed by atoms with E-state index < -0.39 is 5.97 Å². The fourth-order valence-corrected chi connectivity index (χ4v) is 4.12. The van der Waals surface area contributed by atoms with E-state index in [0.717, 1.165) is 11.1 Å². The molecule has 0 aliphatic carbocycles. The Morgan fingerprint density at radius 1 is 0.892 bits per heavy atom. The van der Waals surface area contributed by atoms with Crippen molar-refractivity contribution in [2.45, 2.75) is 13.1 Å². The number of esters is 1. The summed E-state index contributed by atoms with van der Waals surface area (Å²) in [6.45, 7) is 0.538. The molecule has 0 aliphatic rings. The molecule has 1 heterocycles. The van der Waals surface area contributed by atoms with Crippen LogP contribution in [0.1, 0.15) is 31.8 Å². The minimum atomic E-state index is -0.502. The quantitative estimate of drug-likeness (QED) is 0.269. The van der Waals surface area contributed by atoms with E-state index in [4.69, 9.17) is 26.4 Å². The van der Waals surface area contributed by atoms with Crippen molar-refractivity contribution in [1.82, 2.24) is 14.9 Å². The first-order valence-electron chi connectivity index (χ1n) is 11.3. The van der Waals surface area contributed by atoms with Gasteiger partial charge in [-0.05, 0) is 65.8 Å². The van der Waals surface area contributed by atoms with Crippen LogP contribution in [-0.2, 0) is 17.8 Å². The van der Waals surface area contributed by atoms with E-state index in [0.29, 0.717) is 40.1 Å². The molecule has 0 bridgehead atoms. The summed E-state index contributed by atoms with van der Waals surface area (Å²) < 4.78 is 16.9. The maximum absolute atomic E-state index is 13.1. The molecule has 0 saturated carbocycles. The number of H-pyrrole nitrogens is 1. The maximum Gasteiger partial charge on any atom is 0.337 e. The predicted molar refractivity (Wildman–Crippen MR) is 141 cm³/mol. The van der Waals surface area contributed by atoms with Gasteiger partial charge in [-0.1, -0.05) is 18.2 Å².